The first-order valence-electron chi connectivity index (χ1n) is 9.38. The van der Waals surface area contributed by atoms with Crippen LogP contribution in [-0.4, -0.2) is 47.3 Å². The van der Waals surface area contributed by atoms with Crippen LogP contribution in [0.5, 0.6) is 5.75 Å². The largest absolute Gasteiger partial charge is 0.494 e. The molecule has 5 nitrogen and oxygen atoms in total. The van der Waals surface area contributed by atoms with Crippen molar-refractivity contribution in [3.05, 3.63) is 34.7 Å². The minimum atomic E-state index is -0.186. The second-order valence-electron chi connectivity index (χ2n) is 6.70. The summed E-state index contributed by atoms with van der Waals surface area (Å²) in [6.45, 7) is 5.17. The number of hydrogen-bond donors (Lipinski definition) is 0. The predicted molar refractivity (Wildman–Crippen MR) is 105 cm³/mol. The van der Waals surface area contributed by atoms with Gasteiger partial charge in [0.2, 0.25) is 0 Å². The smallest absolute Gasteiger partial charge is 0.294 e. The van der Waals surface area contributed by atoms with Gasteiger partial charge in [-0.1, -0.05) is 31.9 Å². The van der Waals surface area contributed by atoms with Crippen molar-refractivity contribution >= 4 is 29.0 Å². The van der Waals surface area contributed by atoms with E-state index in [2.05, 4.69) is 11.8 Å². The van der Waals surface area contributed by atoms with E-state index in [-0.39, 0.29) is 11.1 Å². The van der Waals surface area contributed by atoms with Crippen molar-refractivity contribution in [2.45, 2.75) is 39.0 Å². The third-order valence-electron chi connectivity index (χ3n) is 4.61. The van der Waals surface area contributed by atoms with Crippen molar-refractivity contribution < 1.29 is 14.3 Å². The maximum atomic E-state index is 12.6. The molecule has 26 heavy (non-hydrogen) atoms. The van der Waals surface area contributed by atoms with Gasteiger partial charge in [0.25, 0.3) is 11.1 Å². The summed E-state index contributed by atoms with van der Waals surface area (Å²) in [5, 5.41) is -0.175. The zero-order valence-corrected chi connectivity index (χ0v) is 16.1. The Hall–Kier alpha value is -1.79. The quantitative estimate of drug-likeness (QED) is 0.525. The average Bonchev–Trinajstić information content (AvgIpc) is 2.92. The lowest BCUT2D eigenvalue weighted by Gasteiger charge is -2.29. The number of likely N-dealkylation sites (tertiary alicyclic amines) is 1. The van der Waals surface area contributed by atoms with Gasteiger partial charge in [-0.05, 0) is 67.9 Å². The lowest BCUT2D eigenvalue weighted by Crippen LogP contribution is -2.42. The maximum absolute atomic E-state index is 12.6. The van der Waals surface area contributed by atoms with Crippen molar-refractivity contribution in [1.82, 2.24) is 9.80 Å². The van der Waals surface area contributed by atoms with Gasteiger partial charge in [0.15, 0.2) is 0 Å². The summed E-state index contributed by atoms with van der Waals surface area (Å²) in [7, 11) is 0. The molecule has 0 unspecified atom stereocenters. The lowest BCUT2D eigenvalue weighted by atomic mass is 10.1. The highest BCUT2D eigenvalue weighted by atomic mass is 32.2. The highest BCUT2D eigenvalue weighted by molar-refractivity contribution is 8.18. The van der Waals surface area contributed by atoms with Crippen LogP contribution in [0.2, 0.25) is 0 Å². The molecule has 0 N–H and O–H groups in total. The van der Waals surface area contributed by atoms with Crippen LogP contribution in [-0.2, 0) is 4.79 Å². The molecule has 2 amide bonds. The fourth-order valence-electron chi connectivity index (χ4n) is 3.07. The molecular weight excluding hydrogens is 348 g/mol. The highest BCUT2D eigenvalue weighted by Gasteiger charge is 2.36. The van der Waals surface area contributed by atoms with Crippen LogP contribution < -0.4 is 4.74 Å². The molecule has 2 saturated heterocycles. The standard InChI is InChI=1S/C20H26N2O3S/c1-2-3-13-25-17-9-7-16(8-10-17)14-18-19(23)22(20(24)26-18)15-21-11-5-4-6-12-21/h7-10,14H,2-6,11-13,15H2,1H3. The number of imide groups is 1. The number of ether oxygens (including phenoxy) is 1. The number of unbranched alkanes of at least 4 members (excludes halogenated alkanes) is 1. The highest BCUT2D eigenvalue weighted by Crippen LogP contribution is 2.32. The Balaban J connectivity index is 1.61. The van der Waals surface area contributed by atoms with Gasteiger partial charge >= 0.3 is 0 Å². The van der Waals surface area contributed by atoms with Gasteiger partial charge < -0.3 is 4.74 Å². The minimum absolute atomic E-state index is 0.175. The van der Waals surface area contributed by atoms with E-state index in [4.69, 9.17) is 4.74 Å². The van der Waals surface area contributed by atoms with Crippen LogP contribution in [0.3, 0.4) is 0 Å². The molecule has 2 fully saturated rings. The molecule has 6 heteroatoms. The first kappa shape index (κ1) is 19.0. The van der Waals surface area contributed by atoms with E-state index in [1.807, 2.05) is 24.3 Å². The Labute approximate surface area is 159 Å². The van der Waals surface area contributed by atoms with Crippen LogP contribution in [0, 0.1) is 0 Å². The number of nitrogens with zero attached hydrogens (tertiary/aromatic N) is 2. The minimum Gasteiger partial charge on any atom is -0.494 e. The molecule has 3 rings (SSSR count). The fraction of sp³-hybridized carbons (Fsp3) is 0.500. The van der Waals surface area contributed by atoms with Crippen LogP contribution in [0.4, 0.5) is 4.79 Å². The van der Waals surface area contributed by atoms with Gasteiger partial charge in [-0.2, -0.15) is 0 Å². The first-order valence-corrected chi connectivity index (χ1v) is 10.2. The molecule has 2 heterocycles. The predicted octanol–water partition coefficient (Wildman–Crippen LogP) is 4.35. The van der Waals surface area contributed by atoms with Crippen LogP contribution in [0.25, 0.3) is 6.08 Å². The molecular formula is C20H26N2O3S. The van der Waals surface area contributed by atoms with Crippen molar-refractivity contribution in [2.75, 3.05) is 26.4 Å². The Morgan fingerprint density at radius 1 is 1.12 bits per heavy atom. The summed E-state index contributed by atoms with van der Waals surface area (Å²) in [4.78, 5) is 28.9. The van der Waals surface area contributed by atoms with Gasteiger partial charge in [-0.15, -0.1) is 0 Å². The molecule has 2 aliphatic rings. The molecule has 0 aliphatic carbocycles. The monoisotopic (exact) mass is 374 g/mol. The number of carbonyl (C=O) groups is 2. The summed E-state index contributed by atoms with van der Waals surface area (Å²) in [5.41, 5.74) is 0.899. The first-order chi connectivity index (χ1) is 12.7. The normalized spacial score (nSPS) is 20.2. The Bertz CT molecular complexity index is 666. The Morgan fingerprint density at radius 3 is 2.54 bits per heavy atom. The molecule has 0 spiro atoms. The van der Waals surface area contributed by atoms with Crippen molar-refractivity contribution in [1.29, 1.82) is 0 Å². The maximum Gasteiger partial charge on any atom is 0.294 e. The number of rotatable bonds is 7. The number of carbonyl (C=O) groups excluding carboxylic acids is 2. The third kappa shape index (κ3) is 4.89. The SMILES string of the molecule is CCCCOc1ccc(C=C2SC(=O)N(CN3CCCCC3)C2=O)cc1. The topological polar surface area (TPSA) is 49.9 Å². The van der Waals surface area contributed by atoms with E-state index in [0.717, 1.165) is 61.8 Å². The third-order valence-corrected chi connectivity index (χ3v) is 5.52. The van der Waals surface area contributed by atoms with Crippen LogP contribution in [0.1, 0.15) is 44.6 Å². The van der Waals surface area contributed by atoms with E-state index in [0.29, 0.717) is 18.2 Å². The number of benzene rings is 1. The molecule has 2 aliphatic heterocycles. The summed E-state index contributed by atoms with van der Waals surface area (Å²) < 4.78 is 5.65. The second kappa shape index (κ2) is 9.24. The van der Waals surface area contributed by atoms with Crippen LogP contribution in [0.15, 0.2) is 29.2 Å². The summed E-state index contributed by atoms with van der Waals surface area (Å²) >= 11 is 1.03. The molecule has 0 bridgehead atoms. The van der Waals surface area contributed by atoms with Gasteiger partial charge in [0, 0.05) is 0 Å². The van der Waals surface area contributed by atoms with E-state index < -0.39 is 0 Å². The number of amides is 2. The van der Waals surface area contributed by atoms with Crippen molar-refractivity contribution in [3.63, 3.8) is 0 Å². The number of piperidine rings is 1. The number of thioether (sulfide) groups is 1. The van der Waals surface area contributed by atoms with E-state index in [1.54, 1.807) is 6.08 Å². The zero-order valence-electron chi connectivity index (χ0n) is 15.3. The summed E-state index contributed by atoms with van der Waals surface area (Å²) in [5.74, 6) is 0.641. The van der Waals surface area contributed by atoms with Gasteiger partial charge in [0.05, 0.1) is 18.2 Å². The van der Waals surface area contributed by atoms with Crippen molar-refractivity contribution in [3.8, 4) is 5.75 Å². The molecule has 0 aromatic heterocycles. The van der Waals surface area contributed by atoms with Gasteiger partial charge in [-0.25, -0.2) is 0 Å². The Morgan fingerprint density at radius 2 is 1.85 bits per heavy atom. The molecule has 1 aromatic rings. The van der Waals surface area contributed by atoms with E-state index in [9.17, 15) is 9.59 Å². The molecule has 0 radical (unpaired) electrons. The van der Waals surface area contributed by atoms with E-state index in [1.165, 1.54) is 11.3 Å². The average molecular weight is 375 g/mol. The van der Waals surface area contributed by atoms with E-state index >= 15 is 0 Å². The van der Waals surface area contributed by atoms with Gasteiger partial charge in [0.1, 0.15) is 5.75 Å². The second-order valence-corrected chi connectivity index (χ2v) is 7.69. The summed E-state index contributed by atoms with van der Waals surface area (Å²) in [6.07, 6.45) is 7.43. The molecule has 0 saturated carbocycles. The Kier molecular flexibility index (Phi) is 6.74. The van der Waals surface area contributed by atoms with Crippen molar-refractivity contribution in [2.24, 2.45) is 0 Å². The summed E-state index contributed by atoms with van der Waals surface area (Å²) in [6, 6.07) is 7.64. The lowest BCUT2D eigenvalue weighted by molar-refractivity contribution is -0.124. The molecule has 1 aromatic carbocycles. The zero-order chi connectivity index (χ0) is 18.4. The fourth-order valence-corrected chi connectivity index (χ4v) is 3.90. The molecule has 140 valence electrons. The number of hydrogen-bond acceptors (Lipinski definition) is 5. The molecule has 0 atom stereocenters. The van der Waals surface area contributed by atoms with Gasteiger partial charge in [-0.3, -0.25) is 19.4 Å². The van der Waals surface area contributed by atoms with Crippen LogP contribution >= 0.6 is 11.8 Å².